The van der Waals surface area contributed by atoms with E-state index in [1.807, 2.05) is 6.92 Å². The molecule has 0 bridgehead atoms. The molecule has 0 saturated carbocycles. The zero-order chi connectivity index (χ0) is 23.7. The predicted octanol–water partition coefficient (Wildman–Crippen LogP) is 8.46. The lowest BCUT2D eigenvalue weighted by Gasteiger charge is -2.11. The van der Waals surface area contributed by atoms with E-state index in [9.17, 15) is 8.78 Å². The summed E-state index contributed by atoms with van der Waals surface area (Å²) in [6, 6.07) is 8.45. The van der Waals surface area contributed by atoms with Crippen LogP contribution in [0.2, 0.25) is 0 Å². The summed E-state index contributed by atoms with van der Waals surface area (Å²) in [6.45, 7) is 4.48. The lowest BCUT2D eigenvalue weighted by Crippen LogP contribution is -2.09. The fourth-order valence-electron chi connectivity index (χ4n) is 3.94. The molecule has 0 saturated heterocycles. The third-order valence-electron chi connectivity index (χ3n) is 6.00. The highest BCUT2D eigenvalue weighted by molar-refractivity contribution is 5.55. The van der Waals surface area contributed by atoms with Gasteiger partial charge in [0.2, 0.25) is 0 Å². The van der Waals surface area contributed by atoms with Crippen LogP contribution in [0, 0.1) is 0 Å². The van der Waals surface area contributed by atoms with Crippen molar-refractivity contribution in [2.75, 3.05) is 6.61 Å². The van der Waals surface area contributed by atoms with E-state index >= 15 is 0 Å². The summed E-state index contributed by atoms with van der Waals surface area (Å²) < 4.78 is 33.0. The van der Waals surface area contributed by atoms with Gasteiger partial charge in [0, 0.05) is 12.0 Å². The highest BCUT2D eigenvalue weighted by atomic mass is 19.1. The van der Waals surface area contributed by atoms with Gasteiger partial charge in [-0.25, -0.2) is 18.7 Å². The van der Waals surface area contributed by atoms with Gasteiger partial charge in [0.15, 0.2) is 11.6 Å². The van der Waals surface area contributed by atoms with E-state index in [1.54, 1.807) is 12.4 Å². The molecule has 2 rings (SSSR count). The molecular formula is C28H42F2N2O. The fourth-order valence-corrected chi connectivity index (χ4v) is 3.94. The first-order valence-electron chi connectivity index (χ1n) is 12.9. The number of aromatic nitrogens is 2. The molecule has 5 heteroatoms. The van der Waals surface area contributed by atoms with Crippen LogP contribution in [0.1, 0.15) is 96.5 Å². The Balaban J connectivity index is 1.66. The van der Waals surface area contributed by atoms with Gasteiger partial charge in [0.1, 0.15) is 12.3 Å². The smallest absolute Gasteiger partial charge is 0.159 e. The molecule has 3 nitrogen and oxygen atoms in total. The van der Waals surface area contributed by atoms with Crippen molar-refractivity contribution in [1.29, 1.82) is 0 Å². The molecule has 0 aliphatic carbocycles. The Morgan fingerprint density at radius 1 is 0.727 bits per heavy atom. The molecule has 0 spiro atoms. The summed E-state index contributed by atoms with van der Waals surface area (Å²) >= 11 is 0. The SMILES string of the molecule is CCCCCCCCc1ccc(-c2ncc(OCCC(F)CCCC(F)CCC)cn2)cc1. The van der Waals surface area contributed by atoms with Crippen LogP contribution in [0.15, 0.2) is 36.7 Å². The third kappa shape index (κ3) is 11.6. The van der Waals surface area contributed by atoms with Gasteiger partial charge in [-0.2, -0.15) is 0 Å². The van der Waals surface area contributed by atoms with Crippen LogP contribution < -0.4 is 4.74 Å². The van der Waals surface area contributed by atoms with Crippen molar-refractivity contribution in [3.05, 3.63) is 42.2 Å². The van der Waals surface area contributed by atoms with Gasteiger partial charge in [0.05, 0.1) is 19.0 Å². The van der Waals surface area contributed by atoms with Crippen LogP contribution in [0.3, 0.4) is 0 Å². The third-order valence-corrected chi connectivity index (χ3v) is 6.00. The summed E-state index contributed by atoms with van der Waals surface area (Å²) in [5.74, 6) is 1.20. The monoisotopic (exact) mass is 460 g/mol. The molecule has 0 radical (unpaired) electrons. The molecule has 2 unspecified atom stereocenters. The first-order valence-corrected chi connectivity index (χ1v) is 12.9. The van der Waals surface area contributed by atoms with Crippen molar-refractivity contribution < 1.29 is 13.5 Å². The maximum Gasteiger partial charge on any atom is 0.159 e. The molecule has 1 aromatic heterocycles. The Kier molecular flexibility index (Phi) is 13.6. The number of hydrogen-bond donors (Lipinski definition) is 0. The van der Waals surface area contributed by atoms with Crippen molar-refractivity contribution >= 4 is 0 Å². The molecule has 2 aromatic rings. The average Bonchev–Trinajstić information content (AvgIpc) is 2.82. The fraction of sp³-hybridized carbons (Fsp3) is 0.643. The first-order chi connectivity index (χ1) is 16.1. The van der Waals surface area contributed by atoms with Crippen molar-refractivity contribution in [1.82, 2.24) is 9.97 Å². The molecule has 184 valence electrons. The van der Waals surface area contributed by atoms with Crippen molar-refractivity contribution in [2.24, 2.45) is 0 Å². The molecule has 1 heterocycles. The lowest BCUT2D eigenvalue weighted by molar-refractivity contribution is 0.212. The number of rotatable bonds is 18. The molecule has 0 aliphatic heterocycles. The Bertz CT molecular complexity index is 737. The summed E-state index contributed by atoms with van der Waals surface area (Å²) in [7, 11) is 0. The molecule has 0 aliphatic rings. The normalized spacial score (nSPS) is 13.1. The second-order valence-corrected chi connectivity index (χ2v) is 9.01. The van der Waals surface area contributed by atoms with Crippen LogP contribution in [-0.2, 0) is 6.42 Å². The van der Waals surface area contributed by atoms with E-state index in [0.717, 1.165) is 18.4 Å². The van der Waals surface area contributed by atoms with Gasteiger partial charge >= 0.3 is 0 Å². The van der Waals surface area contributed by atoms with E-state index in [0.29, 0.717) is 43.7 Å². The predicted molar refractivity (Wildman–Crippen MR) is 133 cm³/mol. The minimum Gasteiger partial charge on any atom is -0.490 e. The number of halogens is 2. The van der Waals surface area contributed by atoms with Crippen molar-refractivity contribution in [3.63, 3.8) is 0 Å². The molecule has 0 fully saturated rings. The van der Waals surface area contributed by atoms with Crippen LogP contribution in [0.25, 0.3) is 11.4 Å². The molecule has 2 atom stereocenters. The standard InChI is InChI=1S/C28H42F2N2O/c1-3-5-6-7-8-9-12-23-15-17-24(18-16-23)28-31-21-27(22-32-28)33-20-19-26(30)14-10-13-25(29)11-4-2/h15-18,21-22,25-26H,3-14,19-20H2,1-2H3. The van der Waals surface area contributed by atoms with Gasteiger partial charge in [-0.1, -0.05) is 76.6 Å². The number of benzene rings is 1. The van der Waals surface area contributed by atoms with Crippen LogP contribution in [0.4, 0.5) is 8.78 Å². The molecule has 1 aromatic carbocycles. The van der Waals surface area contributed by atoms with Crippen molar-refractivity contribution in [2.45, 2.75) is 110 Å². The topological polar surface area (TPSA) is 35.0 Å². The number of ether oxygens (including phenoxy) is 1. The minimum atomic E-state index is -0.964. The summed E-state index contributed by atoms with van der Waals surface area (Å²) in [6.07, 6.45) is 13.6. The number of unbranched alkanes of at least 4 members (excludes halogenated alkanes) is 5. The Morgan fingerprint density at radius 3 is 2.03 bits per heavy atom. The number of hydrogen-bond acceptors (Lipinski definition) is 3. The second kappa shape index (κ2) is 16.6. The molecule has 0 N–H and O–H groups in total. The molecule has 0 amide bonds. The summed E-state index contributed by atoms with van der Waals surface area (Å²) in [4.78, 5) is 8.79. The maximum atomic E-state index is 14.0. The van der Waals surface area contributed by atoms with Crippen molar-refractivity contribution in [3.8, 4) is 17.1 Å². The number of alkyl halides is 2. The van der Waals surface area contributed by atoms with Gasteiger partial charge in [-0.15, -0.1) is 0 Å². The quantitative estimate of drug-likeness (QED) is 0.209. The maximum absolute atomic E-state index is 14.0. The highest BCUT2D eigenvalue weighted by Gasteiger charge is 2.10. The van der Waals surface area contributed by atoms with Crippen LogP contribution in [-0.4, -0.2) is 28.9 Å². The van der Waals surface area contributed by atoms with Crippen LogP contribution >= 0.6 is 0 Å². The molecular weight excluding hydrogens is 418 g/mol. The van der Waals surface area contributed by atoms with E-state index in [2.05, 4.69) is 41.2 Å². The summed E-state index contributed by atoms with van der Waals surface area (Å²) in [5, 5.41) is 0. The van der Waals surface area contributed by atoms with Gasteiger partial charge < -0.3 is 4.74 Å². The minimum absolute atomic E-state index is 0.269. The van der Waals surface area contributed by atoms with E-state index < -0.39 is 12.3 Å². The first kappa shape index (κ1) is 27.2. The molecule has 33 heavy (non-hydrogen) atoms. The van der Waals surface area contributed by atoms with E-state index in [4.69, 9.17) is 4.74 Å². The Labute approximate surface area is 199 Å². The number of nitrogens with zero attached hydrogens (tertiary/aromatic N) is 2. The number of aryl methyl sites for hydroxylation is 1. The highest BCUT2D eigenvalue weighted by Crippen LogP contribution is 2.19. The van der Waals surface area contributed by atoms with Crippen LogP contribution in [0.5, 0.6) is 5.75 Å². The largest absolute Gasteiger partial charge is 0.490 e. The average molecular weight is 461 g/mol. The zero-order valence-corrected chi connectivity index (χ0v) is 20.6. The van der Waals surface area contributed by atoms with Gasteiger partial charge in [-0.05, 0) is 44.1 Å². The van der Waals surface area contributed by atoms with E-state index in [1.165, 1.54) is 44.1 Å². The Hall–Kier alpha value is -2.04. The van der Waals surface area contributed by atoms with Gasteiger partial charge in [0.25, 0.3) is 0 Å². The second-order valence-electron chi connectivity index (χ2n) is 9.01. The zero-order valence-electron chi connectivity index (χ0n) is 20.6. The van der Waals surface area contributed by atoms with E-state index in [-0.39, 0.29) is 6.61 Å². The summed E-state index contributed by atoms with van der Waals surface area (Å²) in [5.41, 5.74) is 2.33. The lowest BCUT2D eigenvalue weighted by atomic mass is 10.0. The Morgan fingerprint density at radius 2 is 1.36 bits per heavy atom. The van der Waals surface area contributed by atoms with Gasteiger partial charge in [-0.3, -0.25) is 0 Å².